The van der Waals surface area contributed by atoms with Crippen LogP contribution in [0.4, 0.5) is 0 Å². The molecule has 0 saturated carbocycles. The summed E-state index contributed by atoms with van der Waals surface area (Å²) in [4.78, 5) is 0. The van der Waals surface area contributed by atoms with E-state index in [0.717, 1.165) is 5.92 Å². The van der Waals surface area contributed by atoms with Crippen molar-refractivity contribution in [3.8, 4) is 0 Å². The average molecular weight is 127 g/mol. The molecular weight excluding hydrogens is 108 g/mol. The van der Waals surface area contributed by atoms with Crippen LogP contribution < -0.4 is 0 Å². The van der Waals surface area contributed by atoms with E-state index in [1.165, 1.54) is 6.42 Å². The van der Waals surface area contributed by atoms with Gasteiger partial charge in [-0.1, -0.05) is 34.6 Å². The highest BCUT2D eigenvalue weighted by atomic mass is 14.3. The Kier molecular flexibility index (Phi) is 3.24. The molecule has 0 aromatic heterocycles. The van der Waals surface area contributed by atoms with Crippen LogP contribution in [0.3, 0.4) is 0 Å². The number of hydrogen-bond donors (Lipinski definition) is 0. The average Bonchev–Trinajstić information content (AvgIpc) is 1.65. The van der Waals surface area contributed by atoms with Crippen molar-refractivity contribution in [2.75, 3.05) is 0 Å². The maximum Gasteiger partial charge on any atom is -0.0329 e. The van der Waals surface area contributed by atoms with Crippen LogP contribution in [-0.4, -0.2) is 0 Å². The van der Waals surface area contributed by atoms with Gasteiger partial charge < -0.3 is 0 Å². The molecule has 0 heteroatoms. The zero-order valence-corrected chi connectivity index (χ0v) is 7.36. The maximum atomic E-state index is 2.32. The minimum absolute atomic E-state index is 0.495. The van der Waals surface area contributed by atoms with E-state index in [-0.39, 0.29) is 0 Å². The lowest BCUT2D eigenvalue weighted by molar-refractivity contribution is 0.246. The summed E-state index contributed by atoms with van der Waals surface area (Å²) in [6.07, 6.45) is 3.48. The number of hydrogen-bond acceptors (Lipinski definition) is 0. The Bertz CT molecular complexity index is 70.1. The largest absolute Gasteiger partial charge is 0.0623 e. The van der Waals surface area contributed by atoms with E-state index in [2.05, 4.69) is 41.0 Å². The molecule has 1 radical (unpaired) electrons. The maximum absolute atomic E-state index is 2.32. The first-order valence-electron chi connectivity index (χ1n) is 3.78. The molecule has 0 rings (SSSR count). The molecule has 0 aliphatic carbocycles. The first-order chi connectivity index (χ1) is 4.00. The standard InChI is InChI=1S/C9H19/c1-6-7-9(4,5)8(2)3/h6,8H,7H2,1-5H3. The van der Waals surface area contributed by atoms with E-state index in [1.54, 1.807) is 0 Å². The predicted molar refractivity (Wildman–Crippen MR) is 43.2 cm³/mol. The van der Waals surface area contributed by atoms with Crippen molar-refractivity contribution in [1.82, 2.24) is 0 Å². The highest BCUT2D eigenvalue weighted by molar-refractivity contribution is 4.77. The van der Waals surface area contributed by atoms with E-state index in [0.29, 0.717) is 5.41 Å². The molecule has 0 nitrogen and oxygen atoms in total. The van der Waals surface area contributed by atoms with Crippen LogP contribution in [0, 0.1) is 17.8 Å². The monoisotopic (exact) mass is 127 g/mol. The lowest BCUT2D eigenvalue weighted by Crippen LogP contribution is -2.18. The van der Waals surface area contributed by atoms with Crippen LogP contribution in [0.5, 0.6) is 0 Å². The molecule has 0 amide bonds. The molecule has 0 aromatic carbocycles. The lowest BCUT2D eigenvalue weighted by atomic mass is 9.78. The number of rotatable bonds is 3. The highest BCUT2D eigenvalue weighted by Crippen LogP contribution is 2.30. The van der Waals surface area contributed by atoms with Crippen LogP contribution in [0.2, 0.25) is 0 Å². The van der Waals surface area contributed by atoms with Gasteiger partial charge in [0.2, 0.25) is 0 Å². The molecule has 0 aliphatic rings. The molecule has 55 valence electrons. The van der Waals surface area contributed by atoms with Gasteiger partial charge >= 0.3 is 0 Å². The smallest absolute Gasteiger partial charge is 0.0329 e. The van der Waals surface area contributed by atoms with Gasteiger partial charge in [0.05, 0.1) is 0 Å². The van der Waals surface area contributed by atoms with Gasteiger partial charge in [0, 0.05) is 0 Å². The minimum Gasteiger partial charge on any atom is -0.0623 e. The van der Waals surface area contributed by atoms with Crippen molar-refractivity contribution < 1.29 is 0 Å². The molecule has 0 aliphatic heterocycles. The third-order valence-electron chi connectivity index (χ3n) is 2.29. The third kappa shape index (κ3) is 2.88. The van der Waals surface area contributed by atoms with Gasteiger partial charge in [-0.25, -0.2) is 0 Å². The fraction of sp³-hybridized carbons (Fsp3) is 0.889. The van der Waals surface area contributed by atoms with Gasteiger partial charge in [-0.3, -0.25) is 0 Å². The fourth-order valence-corrected chi connectivity index (χ4v) is 0.762. The Labute approximate surface area is 59.7 Å². The summed E-state index contributed by atoms with van der Waals surface area (Å²) in [5, 5.41) is 0. The predicted octanol–water partition coefficient (Wildman–Crippen LogP) is 3.28. The van der Waals surface area contributed by atoms with Gasteiger partial charge in [-0.2, -0.15) is 0 Å². The van der Waals surface area contributed by atoms with E-state index >= 15 is 0 Å². The van der Waals surface area contributed by atoms with Crippen molar-refractivity contribution >= 4 is 0 Å². The van der Waals surface area contributed by atoms with E-state index in [9.17, 15) is 0 Å². The minimum atomic E-state index is 0.495. The Hall–Kier alpha value is 0. The van der Waals surface area contributed by atoms with Crippen molar-refractivity contribution in [2.24, 2.45) is 11.3 Å². The normalized spacial score (nSPS) is 12.7. The highest BCUT2D eigenvalue weighted by Gasteiger charge is 2.20. The quantitative estimate of drug-likeness (QED) is 0.545. The Morgan fingerprint density at radius 1 is 1.33 bits per heavy atom. The van der Waals surface area contributed by atoms with Crippen molar-refractivity contribution in [3.05, 3.63) is 6.42 Å². The molecule has 0 fully saturated rings. The SMILES string of the molecule is C[CH]CC(C)(C)C(C)C. The van der Waals surface area contributed by atoms with Crippen LogP contribution >= 0.6 is 0 Å². The Morgan fingerprint density at radius 2 is 1.78 bits per heavy atom. The molecule has 0 saturated heterocycles. The van der Waals surface area contributed by atoms with Crippen LogP contribution in [0.15, 0.2) is 0 Å². The summed E-state index contributed by atoms with van der Waals surface area (Å²) in [7, 11) is 0. The van der Waals surface area contributed by atoms with Gasteiger partial charge in [0.15, 0.2) is 0 Å². The molecule has 0 heterocycles. The van der Waals surface area contributed by atoms with Crippen molar-refractivity contribution in [1.29, 1.82) is 0 Å². The topological polar surface area (TPSA) is 0 Å². The summed E-state index contributed by atoms with van der Waals surface area (Å²) in [5.74, 6) is 0.786. The van der Waals surface area contributed by atoms with Crippen molar-refractivity contribution in [2.45, 2.75) is 41.0 Å². The molecule has 0 spiro atoms. The van der Waals surface area contributed by atoms with Gasteiger partial charge in [0.25, 0.3) is 0 Å². The Balaban J connectivity index is 3.70. The zero-order chi connectivity index (χ0) is 7.49. The molecule has 0 N–H and O–H groups in total. The van der Waals surface area contributed by atoms with Crippen LogP contribution in [0.1, 0.15) is 41.0 Å². The van der Waals surface area contributed by atoms with E-state index < -0.39 is 0 Å². The lowest BCUT2D eigenvalue weighted by Gasteiger charge is -2.28. The fourth-order valence-electron chi connectivity index (χ4n) is 0.762. The molecule has 0 aromatic rings. The summed E-state index contributed by atoms with van der Waals surface area (Å²) in [5.41, 5.74) is 0.495. The summed E-state index contributed by atoms with van der Waals surface area (Å²) in [6, 6.07) is 0. The van der Waals surface area contributed by atoms with Gasteiger partial charge in [0.1, 0.15) is 0 Å². The van der Waals surface area contributed by atoms with Crippen LogP contribution in [0.25, 0.3) is 0 Å². The van der Waals surface area contributed by atoms with Crippen molar-refractivity contribution in [3.63, 3.8) is 0 Å². The molecule has 0 unspecified atom stereocenters. The van der Waals surface area contributed by atoms with Crippen LogP contribution in [-0.2, 0) is 0 Å². The molecular formula is C9H19. The van der Waals surface area contributed by atoms with Gasteiger partial charge in [-0.05, 0) is 24.2 Å². The third-order valence-corrected chi connectivity index (χ3v) is 2.29. The van der Waals surface area contributed by atoms with E-state index in [4.69, 9.17) is 0 Å². The molecule has 9 heavy (non-hydrogen) atoms. The first kappa shape index (κ1) is 9.00. The van der Waals surface area contributed by atoms with Gasteiger partial charge in [-0.15, -0.1) is 0 Å². The molecule has 0 bridgehead atoms. The second-order valence-corrected chi connectivity index (χ2v) is 3.76. The summed E-state index contributed by atoms with van der Waals surface area (Å²) < 4.78 is 0. The van der Waals surface area contributed by atoms with E-state index in [1.807, 2.05) is 0 Å². The second-order valence-electron chi connectivity index (χ2n) is 3.76. The summed E-state index contributed by atoms with van der Waals surface area (Å²) in [6.45, 7) is 11.3. The molecule has 0 atom stereocenters. The first-order valence-corrected chi connectivity index (χ1v) is 3.78. The Morgan fingerprint density at radius 3 is 1.89 bits per heavy atom. The second kappa shape index (κ2) is 3.24. The summed E-state index contributed by atoms with van der Waals surface area (Å²) >= 11 is 0. The zero-order valence-electron chi connectivity index (χ0n) is 7.36.